The summed E-state index contributed by atoms with van der Waals surface area (Å²) < 4.78 is 4.93. The normalized spacial score (nSPS) is 24.3. The van der Waals surface area contributed by atoms with Crippen LogP contribution in [0.1, 0.15) is 44.6 Å². The molecule has 1 aliphatic carbocycles. The molecule has 138 valence electrons. The maximum absolute atomic E-state index is 12.1. The van der Waals surface area contributed by atoms with Crippen LogP contribution in [0.25, 0.3) is 0 Å². The summed E-state index contributed by atoms with van der Waals surface area (Å²) in [4.78, 5) is 23.7. The third-order valence-corrected chi connectivity index (χ3v) is 4.97. The zero-order valence-electron chi connectivity index (χ0n) is 14.8. The standard InChI is InChI=1S/C20H28O5/c1-2-25-20(24)12-17-16(18(22)13-19(17)23)11-10-15(21)9-8-14-6-4-3-5-7-14/h3-7,15-18,21-22H,2,8-13H2,1H3/t15-,16+,17+,18+/m0/s1. The van der Waals surface area contributed by atoms with Crippen molar-refractivity contribution in [1.82, 2.24) is 0 Å². The Morgan fingerprint density at radius 1 is 1.28 bits per heavy atom. The van der Waals surface area contributed by atoms with Gasteiger partial charge in [0, 0.05) is 12.3 Å². The van der Waals surface area contributed by atoms with E-state index in [1.807, 2.05) is 30.3 Å². The molecule has 0 aromatic heterocycles. The molecule has 2 rings (SSSR count). The van der Waals surface area contributed by atoms with Gasteiger partial charge in [0.15, 0.2) is 0 Å². The molecule has 0 unspecified atom stereocenters. The van der Waals surface area contributed by atoms with Crippen molar-refractivity contribution in [2.45, 2.75) is 57.7 Å². The van der Waals surface area contributed by atoms with E-state index in [1.165, 1.54) is 5.56 Å². The Morgan fingerprint density at radius 2 is 2.00 bits per heavy atom. The fourth-order valence-corrected chi connectivity index (χ4v) is 3.58. The minimum Gasteiger partial charge on any atom is -0.466 e. The monoisotopic (exact) mass is 348 g/mol. The molecule has 0 amide bonds. The van der Waals surface area contributed by atoms with E-state index in [-0.39, 0.29) is 31.1 Å². The fraction of sp³-hybridized carbons (Fsp3) is 0.600. The van der Waals surface area contributed by atoms with Crippen LogP contribution in [0.3, 0.4) is 0 Å². The Morgan fingerprint density at radius 3 is 2.68 bits per heavy atom. The molecule has 1 fully saturated rings. The van der Waals surface area contributed by atoms with Crippen LogP contribution in [-0.2, 0) is 20.7 Å². The summed E-state index contributed by atoms with van der Waals surface area (Å²) in [6.45, 7) is 2.01. The summed E-state index contributed by atoms with van der Waals surface area (Å²) in [5.74, 6) is -1.24. The molecule has 25 heavy (non-hydrogen) atoms. The molecule has 0 spiro atoms. The van der Waals surface area contributed by atoms with Crippen LogP contribution >= 0.6 is 0 Å². The molecule has 2 N–H and O–H groups in total. The molecule has 1 saturated carbocycles. The van der Waals surface area contributed by atoms with Crippen LogP contribution in [0.15, 0.2) is 30.3 Å². The molecule has 5 nitrogen and oxygen atoms in total. The van der Waals surface area contributed by atoms with Gasteiger partial charge in [-0.2, -0.15) is 0 Å². The second-order valence-electron chi connectivity index (χ2n) is 6.77. The number of aliphatic hydroxyl groups excluding tert-OH is 2. The highest BCUT2D eigenvalue weighted by Crippen LogP contribution is 2.35. The summed E-state index contributed by atoms with van der Waals surface area (Å²) in [5, 5.41) is 20.4. The van der Waals surface area contributed by atoms with Gasteiger partial charge >= 0.3 is 5.97 Å². The topological polar surface area (TPSA) is 83.8 Å². The third-order valence-electron chi connectivity index (χ3n) is 4.97. The van der Waals surface area contributed by atoms with Gasteiger partial charge in [-0.15, -0.1) is 0 Å². The minimum atomic E-state index is -0.728. The molecule has 1 aliphatic rings. The van der Waals surface area contributed by atoms with E-state index in [0.717, 1.165) is 6.42 Å². The van der Waals surface area contributed by atoms with Gasteiger partial charge in [0.1, 0.15) is 5.78 Å². The number of carbonyl (C=O) groups is 2. The first-order valence-corrected chi connectivity index (χ1v) is 9.09. The van der Waals surface area contributed by atoms with Gasteiger partial charge < -0.3 is 14.9 Å². The number of ether oxygens (including phenoxy) is 1. The Labute approximate surface area is 149 Å². The van der Waals surface area contributed by atoms with E-state index in [2.05, 4.69) is 0 Å². The SMILES string of the molecule is CCOC(=O)C[C@H]1C(=O)C[C@@H](O)[C@@H]1CC[C@@H](O)CCc1ccccc1. The maximum Gasteiger partial charge on any atom is 0.306 e. The summed E-state index contributed by atoms with van der Waals surface area (Å²) >= 11 is 0. The van der Waals surface area contributed by atoms with Crippen LogP contribution in [0.4, 0.5) is 0 Å². The number of esters is 1. The molecule has 0 heterocycles. The lowest BCUT2D eigenvalue weighted by molar-refractivity contribution is -0.146. The van der Waals surface area contributed by atoms with Crippen molar-refractivity contribution in [3.63, 3.8) is 0 Å². The number of aliphatic hydroxyl groups is 2. The molecule has 0 bridgehead atoms. The molecule has 0 radical (unpaired) electrons. The number of ketones is 1. The molecular weight excluding hydrogens is 320 g/mol. The quantitative estimate of drug-likeness (QED) is 0.669. The number of hydrogen-bond acceptors (Lipinski definition) is 5. The lowest BCUT2D eigenvalue weighted by Gasteiger charge is -2.21. The summed E-state index contributed by atoms with van der Waals surface area (Å²) in [7, 11) is 0. The average molecular weight is 348 g/mol. The first-order valence-electron chi connectivity index (χ1n) is 9.09. The van der Waals surface area contributed by atoms with Crippen molar-refractivity contribution < 1.29 is 24.5 Å². The highest BCUT2D eigenvalue weighted by atomic mass is 16.5. The number of rotatable bonds is 9. The Kier molecular flexibility index (Phi) is 7.59. The molecule has 0 saturated heterocycles. The number of Topliss-reactive ketones (excluding diaryl/α,β-unsaturated/α-hetero) is 1. The minimum absolute atomic E-state index is 0.0223. The lowest BCUT2D eigenvalue weighted by Crippen LogP contribution is -2.25. The second kappa shape index (κ2) is 9.68. The van der Waals surface area contributed by atoms with Crippen molar-refractivity contribution in [3.8, 4) is 0 Å². The Bertz CT molecular complexity index is 556. The second-order valence-corrected chi connectivity index (χ2v) is 6.77. The van der Waals surface area contributed by atoms with Crippen molar-refractivity contribution in [2.24, 2.45) is 11.8 Å². The van der Waals surface area contributed by atoms with E-state index < -0.39 is 24.1 Å². The Balaban J connectivity index is 1.82. The molecule has 1 aromatic rings. The largest absolute Gasteiger partial charge is 0.466 e. The number of benzene rings is 1. The molecule has 5 heteroatoms. The number of carbonyl (C=O) groups excluding carboxylic acids is 2. The maximum atomic E-state index is 12.1. The van der Waals surface area contributed by atoms with Gasteiger partial charge in [-0.25, -0.2) is 0 Å². The van der Waals surface area contributed by atoms with Gasteiger partial charge in [0.25, 0.3) is 0 Å². The predicted molar refractivity (Wildman–Crippen MR) is 93.9 cm³/mol. The van der Waals surface area contributed by atoms with Gasteiger partial charge in [-0.1, -0.05) is 30.3 Å². The predicted octanol–water partition coefficient (Wildman–Crippen LogP) is 2.28. The van der Waals surface area contributed by atoms with E-state index in [9.17, 15) is 19.8 Å². The van der Waals surface area contributed by atoms with E-state index >= 15 is 0 Å². The third kappa shape index (κ3) is 5.94. The van der Waals surface area contributed by atoms with Crippen molar-refractivity contribution in [2.75, 3.05) is 6.61 Å². The highest BCUT2D eigenvalue weighted by molar-refractivity contribution is 5.88. The fourth-order valence-electron chi connectivity index (χ4n) is 3.58. The van der Waals surface area contributed by atoms with Crippen molar-refractivity contribution in [1.29, 1.82) is 0 Å². The van der Waals surface area contributed by atoms with E-state index in [1.54, 1.807) is 6.92 Å². The molecular formula is C20H28O5. The average Bonchev–Trinajstić information content (AvgIpc) is 2.85. The van der Waals surface area contributed by atoms with Gasteiger partial charge in [0.2, 0.25) is 0 Å². The summed E-state index contributed by atoms with van der Waals surface area (Å²) in [5.41, 5.74) is 1.18. The van der Waals surface area contributed by atoms with E-state index in [4.69, 9.17) is 4.74 Å². The van der Waals surface area contributed by atoms with Crippen molar-refractivity contribution in [3.05, 3.63) is 35.9 Å². The zero-order valence-corrected chi connectivity index (χ0v) is 14.8. The summed E-state index contributed by atoms with van der Waals surface area (Å²) in [6, 6.07) is 9.97. The number of aryl methyl sites for hydroxylation is 1. The van der Waals surface area contributed by atoms with Crippen LogP contribution < -0.4 is 0 Å². The van der Waals surface area contributed by atoms with Gasteiger partial charge in [-0.3, -0.25) is 9.59 Å². The molecule has 1 aromatic carbocycles. The zero-order chi connectivity index (χ0) is 18.2. The molecule has 4 atom stereocenters. The van der Waals surface area contributed by atoms with Crippen molar-refractivity contribution >= 4 is 11.8 Å². The smallest absolute Gasteiger partial charge is 0.306 e. The van der Waals surface area contributed by atoms with Crippen LogP contribution in [0.2, 0.25) is 0 Å². The molecule has 0 aliphatic heterocycles. The first-order chi connectivity index (χ1) is 12.0. The lowest BCUT2D eigenvalue weighted by atomic mass is 9.86. The van der Waals surface area contributed by atoms with Crippen LogP contribution in [0.5, 0.6) is 0 Å². The van der Waals surface area contributed by atoms with Crippen LogP contribution in [-0.4, -0.2) is 40.8 Å². The van der Waals surface area contributed by atoms with Gasteiger partial charge in [-0.05, 0) is 44.1 Å². The first kappa shape index (κ1) is 19.6. The van der Waals surface area contributed by atoms with Crippen LogP contribution in [0, 0.1) is 11.8 Å². The Hall–Kier alpha value is -1.72. The number of hydrogen-bond donors (Lipinski definition) is 2. The highest BCUT2D eigenvalue weighted by Gasteiger charge is 2.42. The van der Waals surface area contributed by atoms with Gasteiger partial charge in [0.05, 0.1) is 25.2 Å². The summed E-state index contributed by atoms with van der Waals surface area (Å²) in [6.07, 6.45) is 1.39. The van der Waals surface area contributed by atoms with E-state index in [0.29, 0.717) is 19.3 Å².